The molecule has 1 amide bonds. The molecule has 0 bridgehead atoms. The van der Waals surface area contributed by atoms with Crippen LogP contribution in [0.1, 0.15) is 22.3 Å². The molecule has 0 saturated carbocycles. The molecule has 0 aliphatic rings. The fourth-order valence-corrected chi connectivity index (χ4v) is 4.45. The summed E-state index contributed by atoms with van der Waals surface area (Å²) in [6.07, 6.45) is 4.16. The summed E-state index contributed by atoms with van der Waals surface area (Å²) in [6.45, 7) is 4.32. The van der Waals surface area contributed by atoms with Crippen LogP contribution in [0.25, 0.3) is 0 Å². The van der Waals surface area contributed by atoms with Crippen LogP contribution in [0.15, 0.2) is 93.4 Å². The Labute approximate surface area is 215 Å². The third-order valence-electron chi connectivity index (χ3n) is 4.55. The van der Waals surface area contributed by atoms with Gasteiger partial charge in [0, 0.05) is 14.7 Å². The van der Waals surface area contributed by atoms with E-state index in [1.165, 1.54) is 5.56 Å². The van der Waals surface area contributed by atoms with Crippen molar-refractivity contribution in [1.29, 1.82) is 0 Å². The van der Waals surface area contributed by atoms with Crippen LogP contribution in [-0.4, -0.2) is 17.9 Å². The molecule has 0 spiro atoms. The van der Waals surface area contributed by atoms with Crippen molar-refractivity contribution in [3.63, 3.8) is 0 Å². The van der Waals surface area contributed by atoms with Gasteiger partial charge in [0.15, 0.2) is 0 Å². The fourth-order valence-electron chi connectivity index (χ4n) is 2.98. The first-order chi connectivity index (χ1) is 16.0. The van der Waals surface area contributed by atoms with E-state index in [0.29, 0.717) is 18.8 Å². The molecule has 170 valence electrons. The average Bonchev–Trinajstić information content (AvgIpc) is 2.80. The molecule has 1 N–H and O–H groups in total. The molecule has 33 heavy (non-hydrogen) atoms. The van der Waals surface area contributed by atoms with Crippen LogP contribution in [0.5, 0.6) is 5.75 Å². The van der Waals surface area contributed by atoms with E-state index >= 15 is 0 Å². The number of allylic oxidation sites excluding steroid dienone is 1. The van der Waals surface area contributed by atoms with Gasteiger partial charge in [0.1, 0.15) is 12.4 Å². The second kappa shape index (κ2) is 13.4. The molecule has 3 aromatic carbocycles. The number of rotatable bonds is 11. The number of benzene rings is 3. The van der Waals surface area contributed by atoms with Crippen LogP contribution < -0.4 is 10.2 Å². The van der Waals surface area contributed by atoms with Crippen molar-refractivity contribution in [3.8, 4) is 5.75 Å². The SMILES string of the molecule is C=CCc1cc(/C=N/NC(=O)CSCc2cccc(Br)c2)ccc1OCc1ccc(Br)cc1. The minimum atomic E-state index is -0.132. The fraction of sp³-hybridized carbons (Fsp3) is 0.154. The van der Waals surface area contributed by atoms with Gasteiger partial charge in [0.05, 0.1) is 12.0 Å². The number of amides is 1. The van der Waals surface area contributed by atoms with Crippen LogP contribution in [0.3, 0.4) is 0 Å². The van der Waals surface area contributed by atoms with Crippen molar-refractivity contribution in [3.05, 3.63) is 111 Å². The molecule has 0 unspecified atom stereocenters. The van der Waals surface area contributed by atoms with Crippen LogP contribution >= 0.6 is 43.6 Å². The molecule has 3 aromatic rings. The van der Waals surface area contributed by atoms with E-state index < -0.39 is 0 Å². The summed E-state index contributed by atoms with van der Waals surface area (Å²) in [5.41, 5.74) is 6.75. The predicted octanol–water partition coefficient (Wildman–Crippen LogP) is 6.90. The van der Waals surface area contributed by atoms with Gasteiger partial charge in [-0.3, -0.25) is 4.79 Å². The van der Waals surface area contributed by atoms with Crippen molar-refractivity contribution in [1.82, 2.24) is 5.43 Å². The molecule has 3 rings (SSSR count). The lowest BCUT2D eigenvalue weighted by atomic mass is 10.1. The zero-order valence-corrected chi connectivity index (χ0v) is 22.0. The monoisotopic (exact) mass is 586 g/mol. The number of nitrogens with one attached hydrogen (secondary N) is 1. The quantitative estimate of drug-likeness (QED) is 0.151. The lowest BCUT2D eigenvalue weighted by Crippen LogP contribution is -2.19. The highest BCUT2D eigenvalue weighted by Crippen LogP contribution is 2.22. The number of halogens is 2. The van der Waals surface area contributed by atoms with Crippen molar-refractivity contribution in [2.75, 3.05) is 5.75 Å². The Morgan fingerprint density at radius 3 is 2.61 bits per heavy atom. The van der Waals surface area contributed by atoms with Gasteiger partial charge >= 0.3 is 0 Å². The summed E-state index contributed by atoms with van der Waals surface area (Å²) < 4.78 is 8.09. The molecular weight excluding hydrogens is 564 g/mol. The van der Waals surface area contributed by atoms with E-state index in [9.17, 15) is 4.79 Å². The zero-order valence-electron chi connectivity index (χ0n) is 18.0. The molecule has 0 aliphatic carbocycles. The van der Waals surface area contributed by atoms with E-state index in [1.807, 2.05) is 66.7 Å². The second-order valence-electron chi connectivity index (χ2n) is 7.19. The first-order valence-corrected chi connectivity index (χ1v) is 13.0. The highest BCUT2D eigenvalue weighted by molar-refractivity contribution is 9.10. The van der Waals surface area contributed by atoms with Gasteiger partial charge in [-0.25, -0.2) is 5.43 Å². The van der Waals surface area contributed by atoms with Gasteiger partial charge < -0.3 is 4.74 Å². The molecule has 0 saturated heterocycles. The lowest BCUT2D eigenvalue weighted by molar-refractivity contribution is -0.118. The van der Waals surface area contributed by atoms with Gasteiger partial charge in [0.2, 0.25) is 5.91 Å². The van der Waals surface area contributed by atoms with Crippen LogP contribution in [0.4, 0.5) is 0 Å². The number of hydrogen-bond acceptors (Lipinski definition) is 4. The van der Waals surface area contributed by atoms with E-state index in [0.717, 1.165) is 37.1 Å². The second-order valence-corrected chi connectivity index (χ2v) is 10.0. The molecule has 4 nitrogen and oxygen atoms in total. The Morgan fingerprint density at radius 2 is 1.85 bits per heavy atom. The highest BCUT2D eigenvalue weighted by atomic mass is 79.9. The molecule has 0 atom stereocenters. The van der Waals surface area contributed by atoms with Gasteiger partial charge in [-0.2, -0.15) is 5.10 Å². The topological polar surface area (TPSA) is 50.7 Å². The Balaban J connectivity index is 1.50. The van der Waals surface area contributed by atoms with E-state index in [4.69, 9.17) is 4.74 Å². The smallest absolute Gasteiger partial charge is 0.250 e. The van der Waals surface area contributed by atoms with Crippen LogP contribution in [-0.2, 0) is 23.6 Å². The summed E-state index contributed by atoms with van der Waals surface area (Å²) in [5, 5.41) is 4.10. The zero-order chi connectivity index (χ0) is 23.5. The highest BCUT2D eigenvalue weighted by Gasteiger charge is 2.05. The Bertz CT molecular complexity index is 1120. The average molecular weight is 588 g/mol. The largest absolute Gasteiger partial charge is 0.489 e. The van der Waals surface area contributed by atoms with Gasteiger partial charge in [-0.05, 0) is 71.1 Å². The molecular formula is C26H24Br2N2O2S. The van der Waals surface area contributed by atoms with Crippen LogP contribution in [0, 0.1) is 0 Å². The summed E-state index contributed by atoms with van der Waals surface area (Å²) in [6, 6.07) is 21.9. The standard InChI is InChI=1S/C26H24Br2N2O2S/c1-2-4-22-13-20(9-12-25(22)32-16-19-7-10-23(27)11-8-19)15-29-30-26(31)18-33-17-21-5-3-6-24(28)14-21/h2-3,5-15H,1,4,16-18H2,(H,30,31)/b29-15+. The van der Waals surface area contributed by atoms with Crippen molar-refractivity contribution >= 4 is 55.7 Å². The third kappa shape index (κ3) is 8.84. The summed E-state index contributed by atoms with van der Waals surface area (Å²) in [4.78, 5) is 12.1. The summed E-state index contributed by atoms with van der Waals surface area (Å²) >= 11 is 8.45. The minimum absolute atomic E-state index is 0.132. The Kier molecular flexibility index (Phi) is 10.2. The molecule has 0 radical (unpaired) electrons. The number of hydrazone groups is 1. The van der Waals surface area contributed by atoms with E-state index in [2.05, 4.69) is 55.0 Å². The maximum Gasteiger partial charge on any atom is 0.250 e. The van der Waals surface area contributed by atoms with Crippen LogP contribution in [0.2, 0.25) is 0 Å². The Hall–Kier alpha value is -2.35. The van der Waals surface area contributed by atoms with Crippen molar-refractivity contribution in [2.24, 2.45) is 5.10 Å². The van der Waals surface area contributed by atoms with E-state index in [-0.39, 0.29) is 5.91 Å². The number of nitrogens with zero attached hydrogens (tertiary/aromatic N) is 1. The van der Waals surface area contributed by atoms with Crippen molar-refractivity contribution in [2.45, 2.75) is 18.8 Å². The van der Waals surface area contributed by atoms with Gasteiger partial charge in [-0.15, -0.1) is 18.3 Å². The molecule has 0 aliphatic heterocycles. The molecule has 0 aromatic heterocycles. The molecule has 0 heterocycles. The number of thioether (sulfide) groups is 1. The molecule has 0 fully saturated rings. The lowest BCUT2D eigenvalue weighted by Gasteiger charge is -2.11. The first kappa shape index (κ1) is 25.3. The maximum absolute atomic E-state index is 12.1. The Morgan fingerprint density at radius 1 is 1.03 bits per heavy atom. The summed E-state index contributed by atoms with van der Waals surface area (Å²) in [7, 11) is 0. The number of ether oxygens (including phenoxy) is 1. The normalized spacial score (nSPS) is 10.8. The number of hydrogen-bond donors (Lipinski definition) is 1. The number of carbonyl (C=O) groups is 1. The predicted molar refractivity (Wildman–Crippen MR) is 145 cm³/mol. The van der Waals surface area contributed by atoms with Crippen molar-refractivity contribution < 1.29 is 9.53 Å². The number of carbonyl (C=O) groups excluding carboxylic acids is 1. The summed E-state index contributed by atoms with van der Waals surface area (Å²) in [5.74, 6) is 1.78. The third-order valence-corrected chi connectivity index (χ3v) is 6.58. The van der Waals surface area contributed by atoms with Gasteiger partial charge in [0.25, 0.3) is 0 Å². The minimum Gasteiger partial charge on any atom is -0.489 e. The first-order valence-electron chi connectivity index (χ1n) is 10.3. The van der Waals surface area contributed by atoms with Gasteiger partial charge in [-0.1, -0.05) is 62.2 Å². The maximum atomic E-state index is 12.1. The molecule has 7 heteroatoms. The van der Waals surface area contributed by atoms with E-state index in [1.54, 1.807) is 18.0 Å².